The predicted molar refractivity (Wildman–Crippen MR) is 101 cm³/mol. The number of hydrogen-bond donors (Lipinski definition) is 0. The molecule has 0 bridgehead atoms. The molecule has 0 aromatic heterocycles. The standard InChI is InChI=1S/C20H36N2O3/c1-5-25-20(23)19-10-6-8-16(19)13-17(12-15(2)3)21-22-11-7-9-18(22)14-24-4/h15-16,18-19H,5-14H2,1-4H3/b21-17+/t16-,18+,19+/m1/s1. The summed E-state index contributed by atoms with van der Waals surface area (Å²) < 4.78 is 10.7. The van der Waals surface area contributed by atoms with Gasteiger partial charge in [-0.3, -0.25) is 9.80 Å². The van der Waals surface area contributed by atoms with Crippen LogP contribution in [0.5, 0.6) is 0 Å². The van der Waals surface area contributed by atoms with E-state index in [0.717, 1.165) is 51.7 Å². The van der Waals surface area contributed by atoms with Gasteiger partial charge in [-0.05, 0) is 57.3 Å². The fourth-order valence-corrected chi connectivity index (χ4v) is 4.28. The van der Waals surface area contributed by atoms with E-state index in [1.54, 1.807) is 7.11 Å². The summed E-state index contributed by atoms with van der Waals surface area (Å²) in [6, 6.07) is 0.400. The molecule has 2 rings (SSSR count). The highest BCUT2D eigenvalue weighted by atomic mass is 16.5. The van der Waals surface area contributed by atoms with Crippen LogP contribution in [0.2, 0.25) is 0 Å². The number of methoxy groups -OCH3 is 1. The molecule has 1 saturated heterocycles. The Bertz CT molecular complexity index is 450. The molecule has 5 heteroatoms. The van der Waals surface area contributed by atoms with Gasteiger partial charge in [0.25, 0.3) is 0 Å². The average molecular weight is 353 g/mol. The number of esters is 1. The van der Waals surface area contributed by atoms with Crippen molar-refractivity contribution < 1.29 is 14.3 Å². The fourth-order valence-electron chi connectivity index (χ4n) is 4.28. The van der Waals surface area contributed by atoms with Gasteiger partial charge in [0.1, 0.15) is 0 Å². The third-order valence-corrected chi connectivity index (χ3v) is 5.37. The van der Waals surface area contributed by atoms with E-state index in [1.165, 1.54) is 12.1 Å². The Kier molecular flexibility index (Phi) is 8.20. The van der Waals surface area contributed by atoms with Gasteiger partial charge in [-0.15, -0.1) is 0 Å². The summed E-state index contributed by atoms with van der Waals surface area (Å²) in [7, 11) is 1.76. The van der Waals surface area contributed by atoms with Gasteiger partial charge in [-0.1, -0.05) is 20.3 Å². The van der Waals surface area contributed by atoms with Gasteiger partial charge in [0.2, 0.25) is 0 Å². The van der Waals surface area contributed by atoms with Crippen molar-refractivity contribution in [2.24, 2.45) is 22.9 Å². The molecule has 0 spiro atoms. The van der Waals surface area contributed by atoms with Crippen LogP contribution in [0.4, 0.5) is 0 Å². The van der Waals surface area contributed by atoms with E-state index in [1.807, 2.05) is 6.92 Å². The van der Waals surface area contributed by atoms with Crippen LogP contribution in [0, 0.1) is 17.8 Å². The lowest BCUT2D eigenvalue weighted by atomic mass is 9.88. The van der Waals surface area contributed by atoms with Crippen molar-refractivity contribution in [2.45, 2.75) is 71.8 Å². The maximum absolute atomic E-state index is 12.3. The molecule has 5 nitrogen and oxygen atoms in total. The normalized spacial score (nSPS) is 27.3. The van der Waals surface area contributed by atoms with Crippen LogP contribution in [0.1, 0.15) is 65.7 Å². The van der Waals surface area contributed by atoms with Crippen LogP contribution in [0.15, 0.2) is 5.10 Å². The summed E-state index contributed by atoms with van der Waals surface area (Å²) in [6.45, 7) is 8.60. The van der Waals surface area contributed by atoms with Gasteiger partial charge in [0.15, 0.2) is 0 Å². The summed E-state index contributed by atoms with van der Waals surface area (Å²) in [5.74, 6) is 1.02. The summed E-state index contributed by atoms with van der Waals surface area (Å²) in [6.07, 6.45) is 7.47. The van der Waals surface area contributed by atoms with Crippen molar-refractivity contribution in [3.8, 4) is 0 Å². The lowest BCUT2D eigenvalue weighted by Crippen LogP contribution is -2.31. The highest BCUT2D eigenvalue weighted by Gasteiger charge is 2.35. The highest BCUT2D eigenvalue weighted by Crippen LogP contribution is 2.36. The molecule has 0 radical (unpaired) electrons. The Balaban J connectivity index is 2.06. The van der Waals surface area contributed by atoms with E-state index in [2.05, 4.69) is 18.9 Å². The van der Waals surface area contributed by atoms with Crippen LogP contribution in [-0.4, -0.2) is 49.6 Å². The zero-order chi connectivity index (χ0) is 18.2. The summed E-state index contributed by atoms with van der Waals surface area (Å²) >= 11 is 0. The molecule has 1 heterocycles. The second kappa shape index (κ2) is 10.1. The third-order valence-electron chi connectivity index (χ3n) is 5.37. The van der Waals surface area contributed by atoms with Crippen molar-refractivity contribution >= 4 is 11.7 Å². The molecule has 0 N–H and O–H groups in total. The maximum atomic E-state index is 12.3. The number of carbonyl (C=O) groups excluding carboxylic acids is 1. The molecule has 1 saturated carbocycles. The van der Waals surface area contributed by atoms with E-state index < -0.39 is 0 Å². The smallest absolute Gasteiger partial charge is 0.309 e. The molecule has 2 fully saturated rings. The van der Waals surface area contributed by atoms with E-state index in [-0.39, 0.29) is 11.9 Å². The number of hydrogen-bond acceptors (Lipinski definition) is 5. The van der Waals surface area contributed by atoms with E-state index in [9.17, 15) is 4.79 Å². The van der Waals surface area contributed by atoms with Crippen LogP contribution in [0.3, 0.4) is 0 Å². The third kappa shape index (κ3) is 5.98. The molecule has 1 aliphatic heterocycles. The molecule has 0 aromatic carbocycles. The molecule has 144 valence electrons. The van der Waals surface area contributed by atoms with Gasteiger partial charge in [-0.25, -0.2) is 0 Å². The fraction of sp³-hybridized carbons (Fsp3) is 0.900. The van der Waals surface area contributed by atoms with E-state index >= 15 is 0 Å². The highest BCUT2D eigenvalue weighted by molar-refractivity contribution is 5.85. The Labute approximate surface area is 153 Å². The molecule has 1 aliphatic carbocycles. The number of nitrogens with zero attached hydrogens (tertiary/aromatic N) is 2. The second-order valence-corrected chi connectivity index (χ2v) is 7.93. The molecular weight excluding hydrogens is 316 g/mol. The Morgan fingerprint density at radius 2 is 2.04 bits per heavy atom. The SMILES string of the molecule is CCOC(=O)[C@H]1CCC[C@@H]1C/C(CC(C)C)=N/N1CCC[C@H]1COC. The quantitative estimate of drug-likeness (QED) is 0.467. The Hall–Kier alpha value is -1.10. The lowest BCUT2D eigenvalue weighted by molar-refractivity contribution is -0.149. The summed E-state index contributed by atoms with van der Waals surface area (Å²) in [5.41, 5.74) is 1.25. The molecule has 0 unspecified atom stereocenters. The first-order valence-electron chi connectivity index (χ1n) is 10.0. The first-order chi connectivity index (χ1) is 12.0. The largest absolute Gasteiger partial charge is 0.466 e. The van der Waals surface area contributed by atoms with Crippen LogP contribution in [0.25, 0.3) is 0 Å². The van der Waals surface area contributed by atoms with Crippen molar-refractivity contribution in [2.75, 3.05) is 26.9 Å². The van der Waals surface area contributed by atoms with Gasteiger partial charge in [0, 0.05) is 19.4 Å². The number of ether oxygens (including phenoxy) is 2. The van der Waals surface area contributed by atoms with Crippen molar-refractivity contribution in [1.29, 1.82) is 0 Å². The minimum absolute atomic E-state index is 0.00710. The van der Waals surface area contributed by atoms with Crippen LogP contribution in [-0.2, 0) is 14.3 Å². The molecule has 0 aromatic rings. The number of hydrazone groups is 1. The van der Waals surface area contributed by atoms with Crippen molar-refractivity contribution in [3.63, 3.8) is 0 Å². The lowest BCUT2D eigenvalue weighted by Gasteiger charge is -2.25. The van der Waals surface area contributed by atoms with Gasteiger partial charge in [0.05, 0.1) is 25.2 Å². The van der Waals surface area contributed by atoms with Crippen molar-refractivity contribution in [1.82, 2.24) is 5.01 Å². The Morgan fingerprint density at radius 1 is 1.24 bits per heavy atom. The first kappa shape index (κ1) is 20.2. The molecule has 0 amide bonds. The second-order valence-electron chi connectivity index (χ2n) is 7.93. The van der Waals surface area contributed by atoms with Gasteiger partial charge < -0.3 is 9.47 Å². The van der Waals surface area contributed by atoms with E-state index in [0.29, 0.717) is 24.5 Å². The molecule has 25 heavy (non-hydrogen) atoms. The van der Waals surface area contributed by atoms with Gasteiger partial charge >= 0.3 is 5.97 Å². The monoisotopic (exact) mass is 352 g/mol. The average Bonchev–Trinajstić information content (AvgIpc) is 3.17. The Morgan fingerprint density at radius 3 is 2.72 bits per heavy atom. The minimum Gasteiger partial charge on any atom is -0.466 e. The first-order valence-corrected chi connectivity index (χ1v) is 10.0. The summed E-state index contributed by atoms with van der Waals surface area (Å²) in [5, 5.41) is 7.27. The zero-order valence-electron chi connectivity index (χ0n) is 16.5. The molecule has 2 aliphatic rings. The molecular formula is C20H36N2O3. The van der Waals surface area contributed by atoms with Crippen LogP contribution < -0.4 is 0 Å². The zero-order valence-corrected chi connectivity index (χ0v) is 16.5. The van der Waals surface area contributed by atoms with Gasteiger partial charge in [-0.2, -0.15) is 5.10 Å². The minimum atomic E-state index is -0.00710. The number of rotatable bonds is 9. The van der Waals surface area contributed by atoms with E-state index in [4.69, 9.17) is 14.6 Å². The van der Waals surface area contributed by atoms with Crippen LogP contribution >= 0.6 is 0 Å². The predicted octanol–water partition coefficient (Wildman–Crippen LogP) is 3.87. The van der Waals surface area contributed by atoms with Crippen molar-refractivity contribution in [3.05, 3.63) is 0 Å². The topological polar surface area (TPSA) is 51.1 Å². The molecule has 3 atom stereocenters. The maximum Gasteiger partial charge on any atom is 0.309 e. The number of carbonyl (C=O) groups is 1. The summed E-state index contributed by atoms with van der Waals surface area (Å²) in [4.78, 5) is 12.3.